The van der Waals surface area contributed by atoms with Crippen LogP contribution < -0.4 is 5.32 Å². The number of carbonyl (C=O) groups is 2. The van der Waals surface area contributed by atoms with Crippen LogP contribution in [0.5, 0.6) is 0 Å². The Kier molecular flexibility index (Phi) is 7.21. The van der Waals surface area contributed by atoms with Crippen LogP contribution in [0.3, 0.4) is 0 Å². The number of benzene rings is 1. The molecule has 1 atom stereocenters. The van der Waals surface area contributed by atoms with Crippen molar-refractivity contribution >= 4 is 17.6 Å². The van der Waals surface area contributed by atoms with Gasteiger partial charge >= 0.3 is 12.1 Å². The first-order chi connectivity index (χ1) is 13.3. The van der Waals surface area contributed by atoms with E-state index in [0.29, 0.717) is 0 Å². The van der Waals surface area contributed by atoms with Crippen molar-refractivity contribution in [2.24, 2.45) is 0 Å². The van der Waals surface area contributed by atoms with Crippen LogP contribution in [0.2, 0.25) is 0 Å². The van der Waals surface area contributed by atoms with Crippen molar-refractivity contribution < 1.29 is 19.1 Å². The predicted molar refractivity (Wildman–Crippen MR) is 111 cm³/mol. The Balaban J connectivity index is 1.94. The van der Waals surface area contributed by atoms with Gasteiger partial charge in [0.25, 0.3) is 0 Å². The summed E-state index contributed by atoms with van der Waals surface area (Å²) in [5, 5.41) is 2.60. The van der Waals surface area contributed by atoms with Crippen LogP contribution in [0.1, 0.15) is 51.2 Å². The summed E-state index contributed by atoms with van der Waals surface area (Å²) in [5.41, 5.74) is 3.84. The number of hydrogen-bond acceptors (Lipinski definition) is 4. The lowest BCUT2D eigenvalue weighted by Crippen LogP contribution is -2.30. The third-order valence-corrected chi connectivity index (χ3v) is 4.26. The van der Waals surface area contributed by atoms with Crippen molar-refractivity contribution in [3.05, 3.63) is 65.8 Å². The number of alkyl carbamates (subject to hydrolysis) is 1. The summed E-state index contributed by atoms with van der Waals surface area (Å²) in [4.78, 5) is 23.7. The number of esters is 1. The molecule has 0 aromatic heterocycles. The maximum absolute atomic E-state index is 12.1. The molecule has 2 rings (SSSR count). The SMILES string of the molecule is C=CC1=C(/C=C\C)C(COC(=O)NCCC(=O)OC(C)(C)C)c2ccccc21. The first kappa shape index (κ1) is 21.5. The maximum Gasteiger partial charge on any atom is 0.407 e. The number of rotatable bonds is 7. The van der Waals surface area contributed by atoms with Crippen LogP contribution in [-0.2, 0) is 14.3 Å². The van der Waals surface area contributed by atoms with Gasteiger partial charge in [-0.3, -0.25) is 4.79 Å². The zero-order valence-electron chi connectivity index (χ0n) is 17.1. The highest BCUT2D eigenvalue weighted by molar-refractivity contribution is 5.86. The minimum absolute atomic E-state index is 0.0444. The quantitative estimate of drug-likeness (QED) is 0.690. The predicted octanol–water partition coefficient (Wildman–Crippen LogP) is 4.76. The van der Waals surface area contributed by atoms with Gasteiger partial charge in [0.1, 0.15) is 12.2 Å². The monoisotopic (exact) mass is 383 g/mol. The van der Waals surface area contributed by atoms with Crippen LogP contribution in [0.4, 0.5) is 4.79 Å². The Labute approximate surface area is 167 Å². The molecule has 0 fully saturated rings. The van der Waals surface area contributed by atoms with Crippen LogP contribution in [-0.4, -0.2) is 30.8 Å². The number of fused-ring (bicyclic) bond motifs is 1. The first-order valence-electron chi connectivity index (χ1n) is 9.48. The summed E-state index contributed by atoms with van der Waals surface area (Å²) >= 11 is 0. The van der Waals surface area contributed by atoms with E-state index in [1.54, 1.807) is 20.8 Å². The highest BCUT2D eigenvalue weighted by Gasteiger charge is 2.29. The number of amides is 1. The largest absolute Gasteiger partial charge is 0.460 e. The molecule has 5 nitrogen and oxygen atoms in total. The van der Waals surface area contributed by atoms with E-state index in [9.17, 15) is 9.59 Å². The molecule has 0 saturated carbocycles. The molecule has 1 unspecified atom stereocenters. The third-order valence-electron chi connectivity index (χ3n) is 4.26. The fraction of sp³-hybridized carbons (Fsp3) is 0.391. The summed E-state index contributed by atoms with van der Waals surface area (Å²) in [6.45, 7) is 11.7. The lowest BCUT2D eigenvalue weighted by molar-refractivity contribution is -0.154. The van der Waals surface area contributed by atoms with Crippen molar-refractivity contribution in [1.82, 2.24) is 5.32 Å². The van der Waals surface area contributed by atoms with Gasteiger partial charge < -0.3 is 14.8 Å². The molecule has 150 valence electrons. The molecule has 1 amide bonds. The van der Waals surface area contributed by atoms with Crippen molar-refractivity contribution in [2.45, 2.75) is 45.6 Å². The molecule has 5 heteroatoms. The highest BCUT2D eigenvalue weighted by atomic mass is 16.6. The smallest absolute Gasteiger partial charge is 0.407 e. The van der Waals surface area contributed by atoms with Gasteiger partial charge in [-0.15, -0.1) is 0 Å². The Morgan fingerprint density at radius 2 is 1.96 bits per heavy atom. The van der Waals surface area contributed by atoms with Gasteiger partial charge in [-0.1, -0.05) is 49.1 Å². The van der Waals surface area contributed by atoms with Gasteiger partial charge in [-0.2, -0.15) is 0 Å². The fourth-order valence-corrected chi connectivity index (χ4v) is 3.22. The van der Waals surface area contributed by atoms with Crippen LogP contribution >= 0.6 is 0 Å². The van der Waals surface area contributed by atoms with Gasteiger partial charge in [0, 0.05) is 12.5 Å². The topological polar surface area (TPSA) is 64.6 Å². The zero-order chi connectivity index (χ0) is 20.7. The lowest BCUT2D eigenvalue weighted by atomic mass is 9.96. The zero-order valence-corrected chi connectivity index (χ0v) is 17.1. The standard InChI is InChI=1S/C23H29NO4/c1-6-10-17-16(7-2)18-11-8-9-12-19(18)20(17)15-27-22(26)24-14-13-21(25)28-23(3,4)5/h6-12,20H,2,13-15H2,1,3-5H3,(H,24,26)/b10-6-. The summed E-state index contributed by atoms with van der Waals surface area (Å²) in [5.74, 6) is -0.400. The molecule has 1 aliphatic carbocycles. The van der Waals surface area contributed by atoms with Gasteiger partial charge in [-0.05, 0) is 50.0 Å². The van der Waals surface area contributed by atoms with E-state index in [1.807, 2.05) is 43.4 Å². The van der Waals surface area contributed by atoms with Crippen molar-refractivity contribution in [2.75, 3.05) is 13.2 Å². The number of hydrogen-bond donors (Lipinski definition) is 1. The van der Waals surface area contributed by atoms with Gasteiger partial charge in [0.15, 0.2) is 0 Å². The van der Waals surface area contributed by atoms with E-state index >= 15 is 0 Å². The van der Waals surface area contributed by atoms with Gasteiger partial charge in [0.2, 0.25) is 0 Å². The second-order valence-electron chi connectivity index (χ2n) is 7.57. The molecule has 0 saturated heterocycles. The van der Waals surface area contributed by atoms with Crippen LogP contribution in [0.15, 0.2) is 54.6 Å². The van der Waals surface area contributed by atoms with Crippen LogP contribution in [0.25, 0.3) is 5.57 Å². The minimum atomic E-state index is -0.548. The van der Waals surface area contributed by atoms with Gasteiger partial charge in [0.05, 0.1) is 6.42 Å². The summed E-state index contributed by atoms with van der Waals surface area (Å²) in [6.07, 6.45) is 5.40. The fourth-order valence-electron chi connectivity index (χ4n) is 3.22. The van der Waals surface area contributed by atoms with E-state index in [-0.39, 0.29) is 31.5 Å². The molecule has 0 radical (unpaired) electrons. The number of allylic oxidation sites excluding steroid dienone is 4. The second kappa shape index (κ2) is 9.40. The molecule has 1 N–H and O–H groups in total. The van der Waals surface area contributed by atoms with E-state index in [2.05, 4.69) is 18.0 Å². The third kappa shape index (κ3) is 5.59. The normalized spacial score (nSPS) is 16.1. The summed E-state index contributed by atoms with van der Waals surface area (Å²) < 4.78 is 10.6. The molecule has 0 bridgehead atoms. The Bertz CT molecular complexity index is 799. The van der Waals surface area contributed by atoms with E-state index in [1.165, 1.54) is 0 Å². The van der Waals surface area contributed by atoms with Gasteiger partial charge in [-0.25, -0.2) is 4.79 Å². The minimum Gasteiger partial charge on any atom is -0.460 e. The molecule has 0 heterocycles. The average Bonchev–Trinajstić information content (AvgIpc) is 2.91. The second-order valence-corrected chi connectivity index (χ2v) is 7.57. The number of nitrogens with one attached hydrogen (secondary N) is 1. The molecule has 1 aromatic rings. The maximum atomic E-state index is 12.1. The first-order valence-corrected chi connectivity index (χ1v) is 9.48. The van der Waals surface area contributed by atoms with Crippen molar-refractivity contribution in [3.8, 4) is 0 Å². The molecule has 0 spiro atoms. The molecule has 1 aromatic carbocycles. The number of ether oxygens (including phenoxy) is 2. The molecule has 0 aliphatic heterocycles. The Hall–Kier alpha value is -2.82. The molecular weight excluding hydrogens is 354 g/mol. The van der Waals surface area contributed by atoms with E-state index in [0.717, 1.165) is 22.3 Å². The molecular formula is C23H29NO4. The highest BCUT2D eigenvalue weighted by Crippen LogP contribution is 2.43. The lowest BCUT2D eigenvalue weighted by Gasteiger charge is -2.19. The Morgan fingerprint density at radius 1 is 1.25 bits per heavy atom. The average molecular weight is 383 g/mol. The Morgan fingerprint density at radius 3 is 2.61 bits per heavy atom. The van der Waals surface area contributed by atoms with Crippen molar-refractivity contribution in [3.63, 3.8) is 0 Å². The van der Waals surface area contributed by atoms with Crippen molar-refractivity contribution in [1.29, 1.82) is 0 Å². The number of carbonyl (C=O) groups excluding carboxylic acids is 2. The summed E-state index contributed by atoms with van der Waals surface area (Å²) in [6, 6.07) is 8.06. The van der Waals surface area contributed by atoms with E-state index < -0.39 is 11.7 Å². The van der Waals surface area contributed by atoms with Crippen LogP contribution in [0, 0.1) is 0 Å². The molecule has 28 heavy (non-hydrogen) atoms. The summed E-state index contributed by atoms with van der Waals surface area (Å²) in [7, 11) is 0. The molecule has 1 aliphatic rings. The van der Waals surface area contributed by atoms with E-state index in [4.69, 9.17) is 9.47 Å².